The molecule has 0 aromatic carbocycles. The largest absolute Gasteiger partial charge is 0.466 e. The molecule has 9 heteroatoms. The Labute approximate surface area is 181 Å². The molecule has 164 valence electrons. The number of esters is 1. The molecule has 30 heavy (non-hydrogen) atoms. The fourth-order valence-corrected chi connectivity index (χ4v) is 4.73. The summed E-state index contributed by atoms with van der Waals surface area (Å²) in [5.74, 6) is 1.61. The van der Waals surface area contributed by atoms with Gasteiger partial charge in [-0.15, -0.1) is 11.8 Å². The second-order valence-electron chi connectivity index (χ2n) is 7.54. The molecule has 2 saturated heterocycles. The van der Waals surface area contributed by atoms with Gasteiger partial charge in [0, 0.05) is 43.5 Å². The van der Waals surface area contributed by atoms with E-state index >= 15 is 0 Å². The summed E-state index contributed by atoms with van der Waals surface area (Å²) in [4.78, 5) is 45.1. The lowest BCUT2D eigenvalue weighted by molar-refractivity contribution is -0.142. The van der Waals surface area contributed by atoms with Crippen molar-refractivity contribution < 1.29 is 19.1 Å². The number of aromatic nitrogens is 1. The van der Waals surface area contributed by atoms with Gasteiger partial charge < -0.3 is 19.9 Å². The number of hydrogen-bond donors (Lipinski definition) is 1. The van der Waals surface area contributed by atoms with E-state index in [1.165, 1.54) is 0 Å². The average molecular weight is 435 g/mol. The Bertz CT molecular complexity index is 774. The van der Waals surface area contributed by atoms with Gasteiger partial charge in [0.2, 0.25) is 0 Å². The van der Waals surface area contributed by atoms with Crippen molar-refractivity contribution in [3.63, 3.8) is 0 Å². The van der Waals surface area contributed by atoms with Crippen molar-refractivity contribution in [3.8, 4) is 0 Å². The van der Waals surface area contributed by atoms with Crippen LogP contribution in [-0.2, 0) is 9.53 Å². The van der Waals surface area contributed by atoms with E-state index in [2.05, 4.69) is 5.32 Å². The summed E-state index contributed by atoms with van der Waals surface area (Å²) in [6.45, 7) is 6.28. The van der Waals surface area contributed by atoms with Crippen molar-refractivity contribution in [1.82, 2.24) is 20.1 Å². The van der Waals surface area contributed by atoms with Crippen molar-refractivity contribution in [1.29, 1.82) is 0 Å². The van der Waals surface area contributed by atoms with Gasteiger partial charge in [0.15, 0.2) is 0 Å². The van der Waals surface area contributed by atoms with Crippen LogP contribution >= 0.6 is 11.8 Å². The van der Waals surface area contributed by atoms with E-state index in [4.69, 9.17) is 9.72 Å². The third-order valence-corrected chi connectivity index (χ3v) is 6.38. The van der Waals surface area contributed by atoms with E-state index < -0.39 is 0 Å². The van der Waals surface area contributed by atoms with Gasteiger partial charge in [-0.1, -0.05) is 0 Å². The van der Waals surface area contributed by atoms with E-state index in [0.29, 0.717) is 25.3 Å². The maximum atomic E-state index is 13.0. The first-order valence-corrected chi connectivity index (χ1v) is 11.7. The maximum absolute atomic E-state index is 13.0. The van der Waals surface area contributed by atoms with Crippen molar-refractivity contribution >= 4 is 29.7 Å². The van der Waals surface area contributed by atoms with Crippen LogP contribution in [0.2, 0.25) is 0 Å². The summed E-state index contributed by atoms with van der Waals surface area (Å²) < 4.78 is 4.87. The van der Waals surface area contributed by atoms with Crippen LogP contribution in [-0.4, -0.2) is 77.1 Å². The molecule has 2 aliphatic heterocycles. The smallest absolute Gasteiger partial charge is 0.317 e. The predicted octanol–water partition coefficient (Wildman–Crippen LogP) is 2.38. The molecule has 3 heterocycles. The van der Waals surface area contributed by atoms with Crippen molar-refractivity contribution in [3.05, 3.63) is 29.1 Å². The van der Waals surface area contributed by atoms with E-state index in [-0.39, 0.29) is 36.8 Å². The number of nitrogens with zero attached hydrogens (tertiary/aromatic N) is 3. The van der Waals surface area contributed by atoms with Gasteiger partial charge in [-0.25, -0.2) is 4.79 Å². The Kier molecular flexibility index (Phi) is 7.95. The summed E-state index contributed by atoms with van der Waals surface area (Å²) in [5, 5.41) is 2.78. The topological polar surface area (TPSA) is 91.8 Å². The second-order valence-corrected chi connectivity index (χ2v) is 8.61. The molecule has 1 aromatic rings. The third kappa shape index (κ3) is 5.65. The Morgan fingerprint density at radius 3 is 2.63 bits per heavy atom. The zero-order valence-corrected chi connectivity index (χ0v) is 18.5. The summed E-state index contributed by atoms with van der Waals surface area (Å²) in [6, 6.07) is 3.63. The first-order valence-electron chi connectivity index (χ1n) is 10.5. The number of thioether (sulfide) groups is 1. The minimum absolute atomic E-state index is 0.0571. The molecule has 2 fully saturated rings. The lowest BCUT2D eigenvalue weighted by Crippen LogP contribution is -2.45. The van der Waals surface area contributed by atoms with Crippen molar-refractivity contribution in [2.75, 3.05) is 44.4 Å². The van der Waals surface area contributed by atoms with Crippen LogP contribution in [0.4, 0.5) is 4.79 Å². The van der Waals surface area contributed by atoms with Crippen molar-refractivity contribution in [2.45, 2.75) is 39.0 Å². The number of piperidine rings is 1. The zero-order valence-electron chi connectivity index (χ0n) is 17.7. The zero-order chi connectivity index (χ0) is 21.5. The Balaban J connectivity index is 1.57. The second kappa shape index (κ2) is 10.7. The highest BCUT2D eigenvalue weighted by atomic mass is 32.2. The number of carbonyl (C=O) groups excluding carboxylic acids is 3. The van der Waals surface area contributed by atoms with Crippen LogP contribution in [0, 0.1) is 6.92 Å². The average Bonchev–Trinajstić information content (AvgIpc) is 3.28. The summed E-state index contributed by atoms with van der Waals surface area (Å²) in [6.07, 6.45) is 1.69. The highest BCUT2D eigenvalue weighted by molar-refractivity contribution is 7.99. The molecular weight excluding hydrogens is 404 g/mol. The van der Waals surface area contributed by atoms with Crippen LogP contribution in [0.1, 0.15) is 53.8 Å². The highest BCUT2D eigenvalue weighted by Crippen LogP contribution is 2.30. The van der Waals surface area contributed by atoms with Crippen LogP contribution in [0.3, 0.4) is 0 Å². The number of nitrogens with one attached hydrogen (secondary N) is 1. The monoisotopic (exact) mass is 434 g/mol. The first kappa shape index (κ1) is 22.4. The predicted molar refractivity (Wildman–Crippen MR) is 116 cm³/mol. The van der Waals surface area contributed by atoms with Gasteiger partial charge in [-0.3, -0.25) is 14.6 Å². The molecular formula is C21H30N4O4S. The number of pyridine rings is 1. The van der Waals surface area contributed by atoms with Gasteiger partial charge in [0.05, 0.1) is 30.2 Å². The number of rotatable bonds is 6. The quantitative estimate of drug-likeness (QED) is 0.691. The SMILES string of the molecule is CCOC(=O)CCNC(=O)N1CCC(c2nc(C)ccc2C(=O)N2CCSC2)CC1. The van der Waals surface area contributed by atoms with Gasteiger partial charge in [-0.2, -0.15) is 0 Å². The van der Waals surface area contributed by atoms with E-state index in [0.717, 1.165) is 42.4 Å². The standard InChI is InChI=1S/C21H30N4O4S/c1-3-29-18(26)6-9-22-21(28)24-10-7-16(8-11-24)19-17(5-4-15(2)23-19)20(27)25-12-13-30-14-25/h4-5,16H,3,6-14H2,1-2H3,(H,22,28). The first-order chi connectivity index (χ1) is 14.5. The van der Waals surface area contributed by atoms with E-state index in [1.807, 2.05) is 24.0 Å². The summed E-state index contributed by atoms with van der Waals surface area (Å²) in [7, 11) is 0. The third-order valence-electron chi connectivity index (χ3n) is 5.41. The van der Waals surface area contributed by atoms with Crippen molar-refractivity contribution in [2.24, 2.45) is 0 Å². The highest BCUT2D eigenvalue weighted by Gasteiger charge is 2.30. The number of likely N-dealkylation sites (tertiary alicyclic amines) is 1. The fourth-order valence-electron chi connectivity index (χ4n) is 3.79. The molecule has 0 unspecified atom stereocenters. The number of aryl methyl sites for hydroxylation is 1. The molecule has 8 nitrogen and oxygen atoms in total. The number of amides is 3. The van der Waals surface area contributed by atoms with E-state index in [1.54, 1.807) is 23.6 Å². The van der Waals surface area contributed by atoms with Gasteiger partial charge in [0.25, 0.3) is 5.91 Å². The van der Waals surface area contributed by atoms with Gasteiger partial charge >= 0.3 is 12.0 Å². The molecule has 0 atom stereocenters. The lowest BCUT2D eigenvalue weighted by Gasteiger charge is -2.32. The number of ether oxygens (including phenoxy) is 1. The molecule has 2 aliphatic rings. The molecule has 0 saturated carbocycles. The molecule has 3 rings (SSSR count). The number of urea groups is 1. The maximum Gasteiger partial charge on any atom is 0.317 e. The molecule has 0 radical (unpaired) electrons. The van der Waals surface area contributed by atoms with Crippen LogP contribution in [0.5, 0.6) is 0 Å². The van der Waals surface area contributed by atoms with Crippen LogP contribution < -0.4 is 5.32 Å². The molecule has 0 aliphatic carbocycles. The van der Waals surface area contributed by atoms with Gasteiger partial charge in [0.1, 0.15) is 0 Å². The molecule has 0 bridgehead atoms. The molecule has 0 spiro atoms. The lowest BCUT2D eigenvalue weighted by atomic mass is 9.90. The Hall–Kier alpha value is -2.29. The van der Waals surface area contributed by atoms with Gasteiger partial charge in [-0.05, 0) is 38.8 Å². The molecule has 1 aromatic heterocycles. The van der Waals surface area contributed by atoms with E-state index in [9.17, 15) is 14.4 Å². The Morgan fingerprint density at radius 2 is 1.97 bits per heavy atom. The summed E-state index contributed by atoms with van der Waals surface area (Å²) >= 11 is 1.77. The minimum atomic E-state index is -0.310. The number of hydrogen-bond acceptors (Lipinski definition) is 6. The molecule has 1 N–H and O–H groups in total. The normalized spacial score (nSPS) is 17.1. The fraction of sp³-hybridized carbons (Fsp3) is 0.619. The van der Waals surface area contributed by atoms with Crippen LogP contribution in [0.15, 0.2) is 12.1 Å². The minimum Gasteiger partial charge on any atom is -0.466 e. The number of carbonyl (C=O) groups is 3. The van der Waals surface area contributed by atoms with Crippen LogP contribution in [0.25, 0.3) is 0 Å². The molecule has 3 amide bonds. The summed E-state index contributed by atoms with van der Waals surface area (Å²) in [5.41, 5.74) is 2.45. The Morgan fingerprint density at radius 1 is 1.20 bits per heavy atom.